The van der Waals surface area contributed by atoms with Gasteiger partial charge in [0.25, 0.3) is 0 Å². The summed E-state index contributed by atoms with van der Waals surface area (Å²) in [6.07, 6.45) is 0. The Hall–Kier alpha value is -2.06. The van der Waals surface area contributed by atoms with Gasteiger partial charge in [0.15, 0.2) is 0 Å². The summed E-state index contributed by atoms with van der Waals surface area (Å²) in [6, 6.07) is 8.89. The van der Waals surface area contributed by atoms with Crippen LogP contribution in [0.15, 0.2) is 24.3 Å². The van der Waals surface area contributed by atoms with Gasteiger partial charge in [0.1, 0.15) is 0 Å². The maximum Gasteiger partial charge on any atom is 0.319 e. The van der Waals surface area contributed by atoms with Gasteiger partial charge in [-0.25, -0.2) is 4.79 Å². The van der Waals surface area contributed by atoms with Gasteiger partial charge in [-0.05, 0) is 44.3 Å². The van der Waals surface area contributed by atoms with E-state index in [0.29, 0.717) is 23.8 Å². The monoisotopic (exact) mass is 274 g/mol. The quantitative estimate of drug-likeness (QED) is 0.837. The molecule has 0 aromatic heterocycles. The van der Waals surface area contributed by atoms with Gasteiger partial charge in [0.05, 0.1) is 11.6 Å². The molecule has 20 heavy (non-hydrogen) atoms. The van der Waals surface area contributed by atoms with Crippen molar-refractivity contribution in [2.75, 3.05) is 25.0 Å². The van der Waals surface area contributed by atoms with Crippen LogP contribution >= 0.6 is 0 Å². The average Bonchev–Trinajstić information content (AvgIpc) is 2.47. The molecule has 0 spiro atoms. The van der Waals surface area contributed by atoms with Crippen LogP contribution in [0, 0.1) is 11.3 Å². The topological polar surface area (TPSA) is 68.2 Å². The van der Waals surface area contributed by atoms with E-state index >= 15 is 0 Å². The molecule has 1 unspecified atom stereocenters. The first-order chi connectivity index (χ1) is 9.60. The molecular weight excluding hydrogens is 252 g/mol. The van der Waals surface area contributed by atoms with Crippen molar-refractivity contribution < 1.29 is 4.79 Å². The van der Waals surface area contributed by atoms with E-state index in [1.165, 1.54) is 0 Å². The van der Waals surface area contributed by atoms with E-state index in [4.69, 9.17) is 5.26 Å². The van der Waals surface area contributed by atoms with Crippen molar-refractivity contribution in [1.82, 2.24) is 10.2 Å². The minimum Gasteiger partial charge on any atom is -0.336 e. The van der Waals surface area contributed by atoms with Crippen molar-refractivity contribution >= 4 is 11.7 Å². The smallest absolute Gasteiger partial charge is 0.319 e. The number of hydrogen-bond acceptors (Lipinski definition) is 3. The molecule has 0 heterocycles. The predicted molar refractivity (Wildman–Crippen MR) is 80.6 cm³/mol. The van der Waals surface area contributed by atoms with Crippen molar-refractivity contribution in [1.29, 1.82) is 5.26 Å². The van der Waals surface area contributed by atoms with Crippen molar-refractivity contribution in [2.45, 2.75) is 26.8 Å². The Kier molecular flexibility index (Phi) is 6.54. The molecule has 1 rings (SSSR count). The number of carbonyl (C=O) groups excluding carboxylic acids is 1. The molecule has 0 aliphatic heterocycles. The minimum atomic E-state index is -0.228. The summed E-state index contributed by atoms with van der Waals surface area (Å²) in [5, 5.41) is 14.3. The summed E-state index contributed by atoms with van der Waals surface area (Å²) < 4.78 is 0. The zero-order valence-electron chi connectivity index (χ0n) is 12.3. The van der Waals surface area contributed by atoms with E-state index in [0.717, 1.165) is 13.1 Å². The summed E-state index contributed by atoms with van der Waals surface area (Å²) in [6.45, 7) is 8.85. The molecule has 0 radical (unpaired) electrons. The number of likely N-dealkylation sites (N-methyl/N-ethyl adjacent to an activating group) is 1. The number of amides is 2. The van der Waals surface area contributed by atoms with Gasteiger partial charge < -0.3 is 10.6 Å². The Morgan fingerprint density at radius 2 is 1.90 bits per heavy atom. The lowest BCUT2D eigenvalue weighted by Gasteiger charge is -2.26. The zero-order valence-corrected chi connectivity index (χ0v) is 12.3. The number of nitriles is 1. The third kappa shape index (κ3) is 4.90. The van der Waals surface area contributed by atoms with Gasteiger partial charge >= 0.3 is 6.03 Å². The van der Waals surface area contributed by atoms with E-state index in [1.54, 1.807) is 24.3 Å². The highest BCUT2D eigenvalue weighted by atomic mass is 16.2. The molecular formula is C15H22N4O. The lowest BCUT2D eigenvalue weighted by atomic mass is 10.2. The first-order valence-electron chi connectivity index (χ1n) is 6.89. The lowest BCUT2D eigenvalue weighted by Crippen LogP contribution is -2.43. The van der Waals surface area contributed by atoms with Gasteiger partial charge in [-0.1, -0.05) is 13.8 Å². The third-order valence-electron chi connectivity index (χ3n) is 3.27. The second-order valence-corrected chi connectivity index (χ2v) is 4.59. The molecule has 0 fully saturated rings. The summed E-state index contributed by atoms with van der Waals surface area (Å²) in [4.78, 5) is 14.0. The predicted octanol–water partition coefficient (Wildman–Crippen LogP) is 2.41. The zero-order chi connectivity index (χ0) is 15.0. The molecule has 5 heteroatoms. The molecule has 0 saturated heterocycles. The largest absolute Gasteiger partial charge is 0.336 e. The highest BCUT2D eigenvalue weighted by Crippen LogP contribution is 2.08. The number of hydrogen-bond donors (Lipinski definition) is 2. The number of rotatable bonds is 6. The van der Waals surface area contributed by atoms with Crippen LogP contribution in [0.1, 0.15) is 26.3 Å². The van der Waals surface area contributed by atoms with E-state index in [2.05, 4.69) is 36.3 Å². The number of nitrogens with zero attached hydrogens (tertiary/aromatic N) is 2. The Labute approximate surface area is 120 Å². The van der Waals surface area contributed by atoms with Crippen LogP contribution < -0.4 is 10.6 Å². The van der Waals surface area contributed by atoms with Crippen molar-refractivity contribution in [3.63, 3.8) is 0 Å². The van der Waals surface area contributed by atoms with Gasteiger partial charge in [-0.3, -0.25) is 4.90 Å². The third-order valence-corrected chi connectivity index (χ3v) is 3.27. The number of urea groups is 1. The fourth-order valence-corrected chi connectivity index (χ4v) is 2.02. The van der Waals surface area contributed by atoms with Crippen LogP contribution in [-0.2, 0) is 0 Å². The molecule has 1 aromatic rings. The molecule has 1 atom stereocenters. The highest BCUT2D eigenvalue weighted by molar-refractivity contribution is 5.89. The fourth-order valence-electron chi connectivity index (χ4n) is 2.02. The van der Waals surface area contributed by atoms with E-state index < -0.39 is 0 Å². The standard InChI is InChI=1S/C15H22N4O/c1-4-19(5-2)12(3)11-17-15(20)18-14-8-6-13(10-16)7-9-14/h6-9,12H,4-5,11H2,1-3H3,(H2,17,18,20). The number of anilines is 1. The van der Waals surface area contributed by atoms with E-state index in [-0.39, 0.29) is 6.03 Å². The Balaban J connectivity index is 2.41. The Morgan fingerprint density at radius 1 is 1.30 bits per heavy atom. The number of nitrogens with one attached hydrogen (secondary N) is 2. The molecule has 0 bridgehead atoms. The normalized spacial score (nSPS) is 11.8. The van der Waals surface area contributed by atoms with Gasteiger partial charge in [0, 0.05) is 18.3 Å². The van der Waals surface area contributed by atoms with Crippen LogP contribution in [0.5, 0.6) is 0 Å². The van der Waals surface area contributed by atoms with Crippen LogP contribution in [0.2, 0.25) is 0 Å². The Morgan fingerprint density at radius 3 is 2.40 bits per heavy atom. The molecule has 1 aromatic carbocycles. The number of carbonyl (C=O) groups is 1. The van der Waals surface area contributed by atoms with Gasteiger partial charge in [-0.15, -0.1) is 0 Å². The van der Waals surface area contributed by atoms with Crippen molar-refractivity contribution in [3.05, 3.63) is 29.8 Å². The second-order valence-electron chi connectivity index (χ2n) is 4.59. The summed E-state index contributed by atoms with van der Waals surface area (Å²) in [5.74, 6) is 0. The molecule has 5 nitrogen and oxygen atoms in total. The van der Waals surface area contributed by atoms with Gasteiger partial charge in [0.2, 0.25) is 0 Å². The lowest BCUT2D eigenvalue weighted by molar-refractivity contribution is 0.220. The van der Waals surface area contributed by atoms with Crippen LogP contribution in [0.3, 0.4) is 0 Å². The highest BCUT2D eigenvalue weighted by Gasteiger charge is 2.11. The molecule has 2 N–H and O–H groups in total. The summed E-state index contributed by atoms with van der Waals surface area (Å²) in [5.41, 5.74) is 1.25. The minimum absolute atomic E-state index is 0.228. The molecule has 2 amide bonds. The number of benzene rings is 1. The molecule has 0 aliphatic rings. The van der Waals surface area contributed by atoms with Crippen LogP contribution in [-0.4, -0.2) is 36.6 Å². The average molecular weight is 274 g/mol. The molecule has 0 aliphatic carbocycles. The van der Waals surface area contributed by atoms with E-state index in [1.807, 2.05) is 6.07 Å². The first-order valence-corrected chi connectivity index (χ1v) is 6.89. The van der Waals surface area contributed by atoms with Crippen molar-refractivity contribution in [3.8, 4) is 6.07 Å². The van der Waals surface area contributed by atoms with Crippen molar-refractivity contribution in [2.24, 2.45) is 0 Å². The maximum absolute atomic E-state index is 11.8. The molecule has 0 saturated carbocycles. The van der Waals surface area contributed by atoms with E-state index in [9.17, 15) is 4.79 Å². The van der Waals surface area contributed by atoms with Crippen LogP contribution in [0.4, 0.5) is 10.5 Å². The van der Waals surface area contributed by atoms with Gasteiger partial charge in [-0.2, -0.15) is 5.26 Å². The maximum atomic E-state index is 11.8. The Bertz CT molecular complexity index is 460. The SMILES string of the molecule is CCN(CC)C(C)CNC(=O)Nc1ccc(C#N)cc1. The molecule has 108 valence electrons. The van der Waals surface area contributed by atoms with Crippen LogP contribution in [0.25, 0.3) is 0 Å². The summed E-state index contributed by atoms with van der Waals surface area (Å²) in [7, 11) is 0. The first kappa shape index (κ1) is 16.0. The fraction of sp³-hybridized carbons (Fsp3) is 0.467. The second kappa shape index (κ2) is 8.18. The summed E-state index contributed by atoms with van der Waals surface area (Å²) >= 11 is 0.